The van der Waals surface area contributed by atoms with Crippen molar-refractivity contribution in [2.75, 3.05) is 13.2 Å². The summed E-state index contributed by atoms with van der Waals surface area (Å²) in [7, 11) is 0. The minimum Gasteiger partial charge on any atom is -0.481 e. The lowest BCUT2D eigenvalue weighted by Gasteiger charge is -2.17. The monoisotopic (exact) mass is 285 g/mol. The van der Waals surface area contributed by atoms with Crippen LogP contribution in [0.2, 0.25) is 0 Å². The van der Waals surface area contributed by atoms with Crippen LogP contribution in [-0.4, -0.2) is 35.4 Å². The van der Waals surface area contributed by atoms with E-state index in [1.165, 1.54) is 32.1 Å². The lowest BCUT2D eigenvalue weighted by atomic mass is 10.0. The average Bonchev–Trinajstić information content (AvgIpc) is 2.42. The Labute approximate surface area is 123 Å². The molecular weight excluding hydrogens is 254 g/mol. The van der Waals surface area contributed by atoms with Gasteiger partial charge in [-0.3, -0.25) is 4.79 Å². The van der Waals surface area contributed by atoms with Gasteiger partial charge in [-0.2, -0.15) is 0 Å². The highest BCUT2D eigenvalue weighted by atomic mass is 16.4. The van der Waals surface area contributed by atoms with E-state index in [-0.39, 0.29) is 13.0 Å². The van der Waals surface area contributed by atoms with E-state index < -0.39 is 5.97 Å². The third-order valence-corrected chi connectivity index (χ3v) is 3.28. The molecule has 0 heterocycles. The normalized spacial score (nSPS) is 12.9. The molecule has 0 aliphatic rings. The predicted molar refractivity (Wildman–Crippen MR) is 82.9 cm³/mol. The third-order valence-electron chi connectivity index (χ3n) is 3.28. The number of allylic oxidation sites excluding steroid dienone is 2. The molecule has 0 aliphatic heterocycles. The summed E-state index contributed by atoms with van der Waals surface area (Å²) in [6, 6.07) is 0.534. The van der Waals surface area contributed by atoms with Gasteiger partial charge in [0, 0.05) is 19.0 Å². The molecule has 0 saturated carbocycles. The predicted octanol–water partition coefficient (Wildman–Crippen LogP) is 3.11. The summed E-state index contributed by atoms with van der Waals surface area (Å²) in [5.74, 6) is -0.712. The maximum Gasteiger partial charge on any atom is 0.303 e. The van der Waals surface area contributed by atoms with Crippen LogP contribution in [0.4, 0.5) is 0 Å². The second-order valence-electron chi connectivity index (χ2n) is 5.21. The molecule has 0 fully saturated rings. The Morgan fingerprint density at radius 2 is 1.85 bits per heavy atom. The lowest BCUT2D eigenvalue weighted by Crippen LogP contribution is -2.31. The first-order valence-electron chi connectivity index (χ1n) is 7.91. The van der Waals surface area contributed by atoms with Crippen molar-refractivity contribution in [1.29, 1.82) is 0 Å². The second kappa shape index (κ2) is 14.5. The van der Waals surface area contributed by atoms with Crippen LogP contribution >= 0.6 is 0 Å². The average molecular weight is 285 g/mol. The van der Waals surface area contributed by atoms with Gasteiger partial charge in [-0.05, 0) is 38.5 Å². The van der Waals surface area contributed by atoms with Crippen molar-refractivity contribution < 1.29 is 15.0 Å². The number of aliphatic hydroxyl groups is 1. The molecule has 0 unspecified atom stereocenters. The van der Waals surface area contributed by atoms with Gasteiger partial charge in [0.25, 0.3) is 0 Å². The van der Waals surface area contributed by atoms with Crippen molar-refractivity contribution in [3.05, 3.63) is 12.2 Å². The zero-order chi connectivity index (χ0) is 15.1. The van der Waals surface area contributed by atoms with Gasteiger partial charge in [-0.15, -0.1) is 0 Å². The summed E-state index contributed by atoms with van der Waals surface area (Å²) in [5.41, 5.74) is 0. The smallest absolute Gasteiger partial charge is 0.303 e. The molecule has 1 atom stereocenters. The molecule has 0 bridgehead atoms. The van der Waals surface area contributed by atoms with E-state index in [4.69, 9.17) is 10.2 Å². The van der Waals surface area contributed by atoms with Crippen LogP contribution in [0.1, 0.15) is 64.7 Å². The fraction of sp³-hybridized carbons (Fsp3) is 0.812. The van der Waals surface area contributed by atoms with Crippen LogP contribution in [0.5, 0.6) is 0 Å². The van der Waals surface area contributed by atoms with Crippen molar-refractivity contribution in [3.8, 4) is 0 Å². The van der Waals surface area contributed by atoms with E-state index in [2.05, 4.69) is 24.4 Å². The summed E-state index contributed by atoms with van der Waals surface area (Å²) in [6.45, 7) is 3.08. The summed E-state index contributed by atoms with van der Waals surface area (Å²) in [5, 5.41) is 20.7. The number of hydrogen-bond donors (Lipinski definition) is 3. The Hall–Kier alpha value is -0.870. The molecule has 4 nitrogen and oxygen atoms in total. The highest BCUT2D eigenvalue weighted by Gasteiger charge is 2.05. The number of carboxylic acid groups (broad SMARTS) is 1. The molecule has 0 spiro atoms. The molecule has 0 rings (SSSR count). The number of rotatable bonds is 14. The van der Waals surface area contributed by atoms with Gasteiger partial charge in [-0.1, -0.05) is 31.9 Å². The van der Waals surface area contributed by atoms with Gasteiger partial charge in [0.15, 0.2) is 0 Å². The minimum absolute atomic E-state index is 0.208. The molecule has 0 radical (unpaired) electrons. The van der Waals surface area contributed by atoms with Crippen molar-refractivity contribution in [2.24, 2.45) is 0 Å². The number of carbonyl (C=O) groups is 1. The van der Waals surface area contributed by atoms with E-state index in [0.717, 1.165) is 19.3 Å². The second-order valence-corrected chi connectivity index (χ2v) is 5.21. The van der Waals surface area contributed by atoms with Gasteiger partial charge in [0.05, 0.1) is 6.61 Å². The molecule has 4 heteroatoms. The zero-order valence-electron chi connectivity index (χ0n) is 12.8. The molecule has 118 valence electrons. The molecule has 0 saturated heterocycles. The number of aliphatic hydroxyl groups excluding tert-OH is 1. The van der Waals surface area contributed by atoms with E-state index in [0.29, 0.717) is 12.6 Å². The van der Waals surface area contributed by atoms with Gasteiger partial charge in [0.1, 0.15) is 0 Å². The molecule has 3 N–H and O–H groups in total. The van der Waals surface area contributed by atoms with Crippen LogP contribution in [-0.2, 0) is 4.79 Å². The molecule has 0 aromatic carbocycles. The molecule has 20 heavy (non-hydrogen) atoms. The molecule has 0 amide bonds. The Morgan fingerprint density at radius 1 is 1.15 bits per heavy atom. The van der Waals surface area contributed by atoms with Gasteiger partial charge in [0.2, 0.25) is 0 Å². The van der Waals surface area contributed by atoms with Crippen LogP contribution in [0.25, 0.3) is 0 Å². The Morgan fingerprint density at radius 3 is 2.45 bits per heavy atom. The number of hydrogen-bond acceptors (Lipinski definition) is 3. The van der Waals surface area contributed by atoms with E-state index in [1.807, 2.05) is 0 Å². The quantitative estimate of drug-likeness (QED) is 0.339. The molecule has 0 aliphatic carbocycles. The molecular formula is C16H31NO3. The fourth-order valence-electron chi connectivity index (χ4n) is 2.23. The van der Waals surface area contributed by atoms with Crippen LogP contribution in [0.3, 0.4) is 0 Å². The number of aliphatic carboxylic acids is 1. The molecule has 0 aromatic rings. The summed E-state index contributed by atoms with van der Waals surface area (Å²) < 4.78 is 0. The summed E-state index contributed by atoms with van der Waals surface area (Å²) in [4.78, 5) is 10.3. The van der Waals surface area contributed by atoms with Crippen molar-refractivity contribution in [1.82, 2.24) is 5.32 Å². The number of nitrogens with one attached hydrogen (secondary N) is 1. The van der Waals surface area contributed by atoms with Gasteiger partial charge in [-0.25, -0.2) is 0 Å². The third kappa shape index (κ3) is 13.6. The van der Waals surface area contributed by atoms with Crippen molar-refractivity contribution >= 4 is 5.97 Å². The van der Waals surface area contributed by atoms with Crippen LogP contribution in [0, 0.1) is 0 Å². The summed E-state index contributed by atoms with van der Waals surface area (Å²) >= 11 is 0. The standard InChI is InChI=1S/C16H31NO3/c1-2-10-15(17-13-14-18)11-8-6-4-3-5-7-9-12-16(19)20/h3,5,15,17-18H,2,4,6-14H2,1H3,(H,19,20)/b5-3-/t15-/m0/s1. The fourth-order valence-corrected chi connectivity index (χ4v) is 2.23. The maximum atomic E-state index is 10.3. The molecule has 0 aromatic heterocycles. The van der Waals surface area contributed by atoms with Crippen LogP contribution < -0.4 is 5.32 Å². The highest BCUT2D eigenvalue weighted by Crippen LogP contribution is 2.09. The Balaban J connectivity index is 3.47. The number of carboxylic acids is 1. The van der Waals surface area contributed by atoms with E-state index >= 15 is 0 Å². The lowest BCUT2D eigenvalue weighted by molar-refractivity contribution is -0.137. The van der Waals surface area contributed by atoms with Gasteiger partial charge >= 0.3 is 5.97 Å². The largest absolute Gasteiger partial charge is 0.481 e. The topological polar surface area (TPSA) is 69.6 Å². The first-order valence-corrected chi connectivity index (χ1v) is 7.91. The highest BCUT2D eigenvalue weighted by molar-refractivity contribution is 5.66. The van der Waals surface area contributed by atoms with Crippen molar-refractivity contribution in [3.63, 3.8) is 0 Å². The first-order chi connectivity index (χ1) is 9.70. The van der Waals surface area contributed by atoms with E-state index in [1.54, 1.807) is 0 Å². The Kier molecular flexibility index (Phi) is 13.9. The van der Waals surface area contributed by atoms with Crippen molar-refractivity contribution in [2.45, 2.75) is 70.8 Å². The maximum absolute atomic E-state index is 10.3. The summed E-state index contributed by atoms with van der Waals surface area (Å²) in [6.07, 6.45) is 13.1. The minimum atomic E-state index is -0.712. The Bertz CT molecular complexity index is 254. The van der Waals surface area contributed by atoms with Crippen LogP contribution in [0.15, 0.2) is 12.2 Å². The van der Waals surface area contributed by atoms with Gasteiger partial charge < -0.3 is 15.5 Å². The van der Waals surface area contributed by atoms with E-state index in [9.17, 15) is 4.79 Å². The number of unbranched alkanes of at least 4 members (excludes halogenated alkanes) is 3. The SMILES string of the molecule is CCC[C@@H](CCCC/C=C\CCCC(=O)O)NCCO. The first kappa shape index (κ1) is 19.1. The zero-order valence-corrected chi connectivity index (χ0v) is 12.8.